The number of unbranched alkanes of at least 4 members (excludes halogenated alkanes) is 2. The SMILES string of the molecule is CN(CC1CCCC1)C(=O)CCCCCOc1ccc2nc3n(c(=O)c2c1)CC(=O)N3. The van der Waals surface area contributed by atoms with E-state index >= 15 is 0 Å². The van der Waals surface area contributed by atoms with Crippen LogP contribution in [0.3, 0.4) is 0 Å². The normalized spacial score (nSPS) is 15.8. The minimum absolute atomic E-state index is 0.00322. The highest BCUT2D eigenvalue weighted by Crippen LogP contribution is 2.25. The number of benzene rings is 1. The zero-order valence-electron chi connectivity index (χ0n) is 18.1. The summed E-state index contributed by atoms with van der Waals surface area (Å²) in [5.41, 5.74) is 0.287. The van der Waals surface area contributed by atoms with Gasteiger partial charge < -0.3 is 9.64 Å². The Morgan fingerprint density at radius 3 is 2.84 bits per heavy atom. The summed E-state index contributed by atoms with van der Waals surface area (Å²) in [7, 11) is 1.92. The van der Waals surface area contributed by atoms with E-state index in [0.29, 0.717) is 41.5 Å². The van der Waals surface area contributed by atoms with Gasteiger partial charge in [-0.3, -0.25) is 24.3 Å². The van der Waals surface area contributed by atoms with E-state index < -0.39 is 0 Å². The van der Waals surface area contributed by atoms with E-state index in [1.165, 1.54) is 30.3 Å². The number of carbonyl (C=O) groups is 2. The highest BCUT2D eigenvalue weighted by Gasteiger charge is 2.22. The van der Waals surface area contributed by atoms with Crippen molar-refractivity contribution in [3.63, 3.8) is 0 Å². The van der Waals surface area contributed by atoms with Crippen molar-refractivity contribution in [2.45, 2.75) is 57.9 Å². The fourth-order valence-electron chi connectivity index (χ4n) is 4.46. The van der Waals surface area contributed by atoms with Crippen LogP contribution in [0.2, 0.25) is 0 Å². The molecular formula is C23H30N4O4. The van der Waals surface area contributed by atoms with Gasteiger partial charge in [0, 0.05) is 20.0 Å². The minimum atomic E-state index is -0.246. The van der Waals surface area contributed by atoms with Crippen molar-refractivity contribution in [1.82, 2.24) is 14.5 Å². The van der Waals surface area contributed by atoms with Crippen LogP contribution in [0.25, 0.3) is 10.9 Å². The van der Waals surface area contributed by atoms with Crippen molar-refractivity contribution in [2.24, 2.45) is 5.92 Å². The maximum Gasteiger partial charge on any atom is 0.263 e. The van der Waals surface area contributed by atoms with Crippen molar-refractivity contribution in [2.75, 3.05) is 25.5 Å². The first-order valence-corrected chi connectivity index (χ1v) is 11.2. The van der Waals surface area contributed by atoms with E-state index in [1.807, 2.05) is 11.9 Å². The molecule has 0 unspecified atom stereocenters. The molecule has 2 aromatic rings. The Labute approximate surface area is 181 Å². The molecule has 2 heterocycles. The molecule has 31 heavy (non-hydrogen) atoms. The molecule has 1 saturated carbocycles. The van der Waals surface area contributed by atoms with Gasteiger partial charge in [-0.2, -0.15) is 0 Å². The smallest absolute Gasteiger partial charge is 0.263 e. The zero-order valence-corrected chi connectivity index (χ0v) is 18.1. The highest BCUT2D eigenvalue weighted by molar-refractivity contribution is 5.94. The predicted molar refractivity (Wildman–Crippen MR) is 118 cm³/mol. The van der Waals surface area contributed by atoms with E-state index in [9.17, 15) is 14.4 Å². The van der Waals surface area contributed by atoms with E-state index in [1.54, 1.807) is 18.2 Å². The van der Waals surface area contributed by atoms with Gasteiger partial charge in [-0.1, -0.05) is 12.8 Å². The molecule has 2 aliphatic rings. The van der Waals surface area contributed by atoms with Crippen molar-refractivity contribution in [1.29, 1.82) is 0 Å². The number of aromatic nitrogens is 2. The first kappa shape index (κ1) is 21.3. The molecule has 0 radical (unpaired) electrons. The first-order chi connectivity index (χ1) is 15.0. The van der Waals surface area contributed by atoms with Crippen LogP contribution in [-0.4, -0.2) is 46.5 Å². The Bertz CT molecular complexity index is 1030. The molecule has 8 heteroatoms. The Morgan fingerprint density at radius 1 is 1.23 bits per heavy atom. The van der Waals surface area contributed by atoms with Gasteiger partial charge in [0.15, 0.2) is 0 Å². The molecule has 1 N–H and O–H groups in total. The third-order valence-electron chi connectivity index (χ3n) is 6.21. The summed E-state index contributed by atoms with van der Waals surface area (Å²) in [6.07, 6.45) is 8.31. The maximum absolute atomic E-state index is 12.6. The van der Waals surface area contributed by atoms with E-state index in [-0.39, 0.29) is 23.9 Å². The molecular weight excluding hydrogens is 396 g/mol. The van der Waals surface area contributed by atoms with Crippen LogP contribution in [-0.2, 0) is 16.1 Å². The standard InChI is InChI=1S/C23H30N4O4/c1-26(14-16-7-4-5-8-16)21(29)9-3-2-6-12-31-17-10-11-19-18(13-17)22(30)27-15-20(28)25-23(27)24-19/h10-11,13,16H,2-9,12,14-15H2,1H3,(H,24,25,28). The second kappa shape index (κ2) is 9.49. The number of anilines is 1. The second-order valence-corrected chi connectivity index (χ2v) is 8.64. The molecule has 1 aromatic heterocycles. The van der Waals surface area contributed by atoms with Gasteiger partial charge >= 0.3 is 0 Å². The lowest BCUT2D eigenvalue weighted by atomic mass is 10.1. The van der Waals surface area contributed by atoms with Gasteiger partial charge in [-0.05, 0) is 56.2 Å². The summed E-state index contributed by atoms with van der Waals surface area (Å²) in [6, 6.07) is 5.20. The van der Waals surface area contributed by atoms with E-state index in [0.717, 1.165) is 25.8 Å². The van der Waals surface area contributed by atoms with Crippen LogP contribution in [0.15, 0.2) is 23.0 Å². The molecule has 4 rings (SSSR count). The molecule has 1 aliphatic heterocycles. The van der Waals surface area contributed by atoms with Crippen LogP contribution >= 0.6 is 0 Å². The first-order valence-electron chi connectivity index (χ1n) is 11.2. The number of hydrogen-bond acceptors (Lipinski definition) is 5. The van der Waals surface area contributed by atoms with Crippen molar-refractivity contribution in [3.05, 3.63) is 28.6 Å². The van der Waals surface area contributed by atoms with E-state index in [2.05, 4.69) is 10.3 Å². The number of ether oxygens (including phenoxy) is 1. The molecule has 0 saturated heterocycles. The summed E-state index contributed by atoms with van der Waals surface area (Å²) in [6.45, 7) is 1.42. The highest BCUT2D eigenvalue weighted by atomic mass is 16.5. The number of nitrogens with one attached hydrogen (secondary N) is 1. The number of rotatable bonds is 9. The number of nitrogens with zero attached hydrogens (tertiary/aromatic N) is 3. The monoisotopic (exact) mass is 426 g/mol. The fraction of sp³-hybridized carbons (Fsp3) is 0.565. The maximum atomic E-state index is 12.6. The topological polar surface area (TPSA) is 93.5 Å². The van der Waals surface area contributed by atoms with Gasteiger partial charge in [0.1, 0.15) is 12.3 Å². The quantitative estimate of drug-likeness (QED) is 0.622. The van der Waals surface area contributed by atoms with Gasteiger partial charge in [0.05, 0.1) is 17.5 Å². The molecule has 1 aromatic carbocycles. The van der Waals surface area contributed by atoms with Crippen LogP contribution in [0.5, 0.6) is 5.75 Å². The van der Waals surface area contributed by atoms with Gasteiger partial charge in [-0.25, -0.2) is 4.98 Å². The number of fused-ring (bicyclic) bond motifs is 2. The van der Waals surface area contributed by atoms with Crippen molar-refractivity contribution in [3.8, 4) is 5.75 Å². The Hall–Kier alpha value is -2.90. The molecule has 0 atom stereocenters. The van der Waals surface area contributed by atoms with Gasteiger partial charge in [0.2, 0.25) is 17.8 Å². The molecule has 0 bridgehead atoms. The molecule has 0 spiro atoms. The third-order valence-corrected chi connectivity index (χ3v) is 6.21. The van der Waals surface area contributed by atoms with Crippen LogP contribution < -0.4 is 15.6 Å². The van der Waals surface area contributed by atoms with Crippen LogP contribution in [0, 0.1) is 5.92 Å². The number of hydrogen-bond donors (Lipinski definition) is 1. The summed E-state index contributed by atoms with van der Waals surface area (Å²) in [5.74, 6) is 1.58. The Morgan fingerprint density at radius 2 is 2.03 bits per heavy atom. The Kier molecular flexibility index (Phi) is 6.53. The molecule has 1 fully saturated rings. The lowest BCUT2D eigenvalue weighted by Gasteiger charge is -2.21. The number of amides is 2. The lowest BCUT2D eigenvalue weighted by molar-refractivity contribution is -0.130. The van der Waals surface area contributed by atoms with Gasteiger partial charge in [-0.15, -0.1) is 0 Å². The van der Waals surface area contributed by atoms with Crippen LogP contribution in [0.4, 0.5) is 5.95 Å². The summed E-state index contributed by atoms with van der Waals surface area (Å²) < 4.78 is 7.14. The minimum Gasteiger partial charge on any atom is -0.494 e. The summed E-state index contributed by atoms with van der Waals surface area (Å²) >= 11 is 0. The molecule has 2 amide bonds. The summed E-state index contributed by atoms with van der Waals surface area (Å²) in [5, 5.41) is 3.02. The number of carbonyl (C=O) groups excluding carboxylic acids is 2. The zero-order chi connectivity index (χ0) is 21.8. The molecule has 8 nitrogen and oxygen atoms in total. The lowest BCUT2D eigenvalue weighted by Crippen LogP contribution is -2.30. The van der Waals surface area contributed by atoms with Crippen molar-refractivity contribution >= 4 is 28.7 Å². The van der Waals surface area contributed by atoms with E-state index in [4.69, 9.17) is 4.74 Å². The fourth-order valence-corrected chi connectivity index (χ4v) is 4.46. The summed E-state index contributed by atoms with van der Waals surface area (Å²) in [4.78, 5) is 42.6. The average Bonchev–Trinajstić information content (AvgIpc) is 3.40. The second-order valence-electron chi connectivity index (χ2n) is 8.64. The van der Waals surface area contributed by atoms with Gasteiger partial charge in [0.25, 0.3) is 5.56 Å². The third kappa shape index (κ3) is 5.06. The molecule has 166 valence electrons. The average molecular weight is 427 g/mol. The Balaban J connectivity index is 1.21. The molecule has 1 aliphatic carbocycles. The van der Waals surface area contributed by atoms with Crippen molar-refractivity contribution < 1.29 is 14.3 Å². The predicted octanol–water partition coefficient (Wildman–Crippen LogP) is 2.94. The van der Waals surface area contributed by atoms with Crippen LogP contribution in [0.1, 0.15) is 51.4 Å². The largest absolute Gasteiger partial charge is 0.494 e.